The fourth-order valence-electron chi connectivity index (χ4n) is 2.23. The third kappa shape index (κ3) is 4.14. The molecule has 0 amide bonds. The summed E-state index contributed by atoms with van der Waals surface area (Å²) in [5.74, 6) is -1.96. The second kappa shape index (κ2) is 7.61. The Morgan fingerprint density at radius 3 is 2.28 bits per heavy atom. The molecule has 1 N–H and O–H groups in total. The molecule has 0 fully saturated rings. The van der Waals surface area contributed by atoms with Crippen molar-refractivity contribution in [3.8, 4) is 5.75 Å². The predicted octanol–water partition coefficient (Wildman–Crippen LogP) is 6.19. The number of halogens is 4. The summed E-state index contributed by atoms with van der Waals surface area (Å²) in [4.78, 5) is 0. The summed E-state index contributed by atoms with van der Waals surface area (Å²) < 4.78 is 46.8. The van der Waals surface area contributed by atoms with E-state index < -0.39 is 17.5 Å². The average molecular weight is 408 g/mol. The molecule has 3 rings (SSSR count). The molecular weight excluding hydrogens is 395 g/mol. The number of hydrogen-bond acceptors (Lipinski definition) is 2. The van der Waals surface area contributed by atoms with Gasteiger partial charge in [-0.25, -0.2) is 13.2 Å². The molecule has 25 heavy (non-hydrogen) atoms. The quantitative estimate of drug-likeness (QED) is 0.544. The van der Waals surface area contributed by atoms with Crippen LogP contribution in [0.3, 0.4) is 0 Å². The summed E-state index contributed by atoms with van der Waals surface area (Å²) >= 11 is 3.28. The lowest BCUT2D eigenvalue weighted by Crippen LogP contribution is -2.01. The van der Waals surface area contributed by atoms with E-state index in [0.717, 1.165) is 17.7 Å². The van der Waals surface area contributed by atoms with Crippen molar-refractivity contribution in [2.24, 2.45) is 0 Å². The second-order valence-corrected chi connectivity index (χ2v) is 6.05. The van der Waals surface area contributed by atoms with Crippen LogP contribution in [-0.2, 0) is 6.61 Å². The van der Waals surface area contributed by atoms with Gasteiger partial charge in [0.2, 0.25) is 0 Å². The molecule has 3 aromatic rings. The molecule has 0 saturated carbocycles. The summed E-state index contributed by atoms with van der Waals surface area (Å²) in [6.07, 6.45) is 0. The van der Waals surface area contributed by atoms with Crippen LogP contribution in [0.25, 0.3) is 0 Å². The summed E-state index contributed by atoms with van der Waals surface area (Å²) in [6, 6.07) is 15.2. The zero-order valence-electron chi connectivity index (χ0n) is 12.9. The topological polar surface area (TPSA) is 21.3 Å². The Balaban J connectivity index is 1.84. The minimum atomic E-state index is -0.747. The van der Waals surface area contributed by atoms with Crippen LogP contribution in [0.15, 0.2) is 65.1 Å². The minimum Gasteiger partial charge on any atom is -0.485 e. The molecule has 3 aromatic carbocycles. The van der Waals surface area contributed by atoms with Gasteiger partial charge in [0, 0.05) is 6.07 Å². The molecule has 0 aliphatic rings. The van der Waals surface area contributed by atoms with Gasteiger partial charge in [-0.15, -0.1) is 0 Å². The Bertz CT molecular complexity index is 887. The molecule has 0 bridgehead atoms. The van der Waals surface area contributed by atoms with Crippen LogP contribution in [0.1, 0.15) is 5.56 Å². The van der Waals surface area contributed by atoms with Gasteiger partial charge in [0.1, 0.15) is 18.2 Å². The Hall–Kier alpha value is -2.47. The lowest BCUT2D eigenvalue weighted by Gasteiger charge is -2.14. The molecule has 0 spiro atoms. The van der Waals surface area contributed by atoms with Crippen molar-refractivity contribution in [2.75, 3.05) is 5.32 Å². The average Bonchev–Trinajstić information content (AvgIpc) is 2.60. The highest BCUT2D eigenvalue weighted by atomic mass is 79.9. The number of ether oxygens (including phenoxy) is 1. The van der Waals surface area contributed by atoms with Gasteiger partial charge in [0.15, 0.2) is 11.6 Å². The number of hydrogen-bond donors (Lipinski definition) is 1. The Morgan fingerprint density at radius 2 is 1.56 bits per heavy atom. The fourth-order valence-corrected chi connectivity index (χ4v) is 2.76. The Morgan fingerprint density at radius 1 is 0.840 bits per heavy atom. The Kier molecular flexibility index (Phi) is 5.28. The van der Waals surface area contributed by atoms with Crippen LogP contribution in [-0.4, -0.2) is 0 Å². The van der Waals surface area contributed by atoms with Crippen LogP contribution in [0.5, 0.6) is 5.75 Å². The van der Waals surface area contributed by atoms with Gasteiger partial charge in [0.25, 0.3) is 0 Å². The van der Waals surface area contributed by atoms with Gasteiger partial charge in [-0.3, -0.25) is 0 Å². The monoisotopic (exact) mass is 407 g/mol. The molecule has 0 aliphatic heterocycles. The highest BCUT2D eigenvalue weighted by molar-refractivity contribution is 9.10. The maximum absolute atomic E-state index is 14.1. The number of nitrogens with one attached hydrogen (secondary N) is 1. The van der Waals surface area contributed by atoms with Crippen molar-refractivity contribution >= 4 is 27.3 Å². The van der Waals surface area contributed by atoms with Crippen molar-refractivity contribution in [1.82, 2.24) is 0 Å². The SMILES string of the molecule is Fc1ccc(Nc2ccc(F)c(OCc3ccccc3)c2Br)c(F)c1. The summed E-state index contributed by atoms with van der Waals surface area (Å²) in [5, 5.41) is 2.80. The molecule has 128 valence electrons. The zero-order valence-corrected chi connectivity index (χ0v) is 14.5. The van der Waals surface area contributed by atoms with Crippen LogP contribution in [0.2, 0.25) is 0 Å². The maximum Gasteiger partial charge on any atom is 0.171 e. The third-order valence-corrected chi connectivity index (χ3v) is 4.26. The van der Waals surface area contributed by atoms with Gasteiger partial charge in [0.05, 0.1) is 15.8 Å². The molecule has 2 nitrogen and oxygen atoms in total. The van der Waals surface area contributed by atoms with Gasteiger partial charge < -0.3 is 10.1 Å². The first-order chi connectivity index (χ1) is 12.0. The van der Waals surface area contributed by atoms with Crippen LogP contribution in [0, 0.1) is 17.5 Å². The lowest BCUT2D eigenvalue weighted by atomic mass is 10.2. The molecule has 0 heterocycles. The van der Waals surface area contributed by atoms with E-state index >= 15 is 0 Å². The molecule has 0 radical (unpaired) electrons. The van der Waals surface area contributed by atoms with E-state index in [9.17, 15) is 13.2 Å². The normalized spacial score (nSPS) is 10.6. The lowest BCUT2D eigenvalue weighted by molar-refractivity contribution is 0.288. The number of rotatable bonds is 5. The van der Waals surface area contributed by atoms with Gasteiger partial charge in [-0.05, 0) is 45.8 Å². The second-order valence-electron chi connectivity index (χ2n) is 5.26. The van der Waals surface area contributed by atoms with Crippen LogP contribution in [0.4, 0.5) is 24.5 Å². The van der Waals surface area contributed by atoms with Crippen molar-refractivity contribution in [3.05, 3.63) is 88.2 Å². The molecule has 0 atom stereocenters. The fraction of sp³-hybridized carbons (Fsp3) is 0.0526. The van der Waals surface area contributed by atoms with Gasteiger partial charge in [-0.1, -0.05) is 30.3 Å². The molecule has 0 saturated heterocycles. The van der Waals surface area contributed by atoms with E-state index in [2.05, 4.69) is 21.2 Å². The highest BCUT2D eigenvalue weighted by Crippen LogP contribution is 2.37. The van der Waals surface area contributed by atoms with E-state index in [1.54, 1.807) is 0 Å². The van der Waals surface area contributed by atoms with Crippen molar-refractivity contribution in [3.63, 3.8) is 0 Å². The first-order valence-electron chi connectivity index (χ1n) is 7.41. The molecule has 0 aromatic heterocycles. The van der Waals surface area contributed by atoms with Crippen molar-refractivity contribution < 1.29 is 17.9 Å². The standard InChI is InChI=1S/C19H13BrF3NO/c20-18-17(24-16-8-6-13(21)10-15(16)23)9-7-14(22)19(18)25-11-12-4-2-1-3-5-12/h1-10,24H,11H2. The van der Waals surface area contributed by atoms with Gasteiger partial charge in [-0.2, -0.15) is 0 Å². The minimum absolute atomic E-state index is 0.0105. The zero-order chi connectivity index (χ0) is 17.8. The van der Waals surface area contributed by atoms with Gasteiger partial charge >= 0.3 is 0 Å². The van der Waals surface area contributed by atoms with Crippen LogP contribution >= 0.6 is 15.9 Å². The van der Waals surface area contributed by atoms with E-state index in [1.165, 1.54) is 18.2 Å². The summed E-state index contributed by atoms with van der Waals surface area (Å²) in [6.45, 7) is 0.185. The van der Waals surface area contributed by atoms with Crippen LogP contribution < -0.4 is 10.1 Å². The van der Waals surface area contributed by atoms with E-state index in [0.29, 0.717) is 10.2 Å². The maximum atomic E-state index is 14.1. The smallest absolute Gasteiger partial charge is 0.171 e. The third-order valence-electron chi connectivity index (χ3n) is 3.48. The van der Waals surface area contributed by atoms with Crippen molar-refractivity contribution in [1.29, 1.82) is 0 Å². The number of anilines is 2. The predicted molar refractivity (Wildman–Crippen MR) is 94.5 cm³/mol. The molecule has 0 unspecified atom stereocenters. The first kappa shape index (κ1) is 17.4. The first-order valence-corrected chi connectivity index (χ1v) is 8.20. The molecular formula is C19H13BrF3NO. The largest absolute Gasteiger partial charge is 0.485 e. The Labute approximate surface area is 151 Å². The molecule has 0 aliphatic carbocycles. The van der Waals surface area contributed by atoms with E-state index in [4.69, 9.17) is 4.74 Å². The number of benzene rings is 3. The summed E-state index contributed by atoms with van der Waals surface area (Å²) in [7, 11) is 0. The highest BCUT2D eigenvalue weighted by Gasteiger charge is 2.15. The van der Waals surface area contributed by atoms with E-state index in [1.807, 2.05) is 30.3 Å². The van der Waals surface area contributed by atoms with Crippen molar-refractivity contribution in [2.45, 2.75) is 6.61 Å². The molecule has 6 heteroatoms. The summed E-state index contributed by atoms with van der Waals surface area (Å²) in [5.41, 5.74) is 1.36. The van der Waals surface area contributed by atoms with E-state index in [-0.39, 0.29) is 18.0 Å².